The van der Waals surface area contributed by atoms with Crippen LogP contribution in [0.5, 0.6) is 0 Å². The molecule has 2 N–H and O–H groups in total. The largest absolute Gasteiger partial charge is 0.460 e. The second kappa shape index (κ2) is 8.85. The van der Waals surface area contributed by atoms with Crippen molar-refractivity contribution in [2.45, 2.75) is 60.5 Å². The van der Waals surface area contributed by atoms with Crippen LogP contribution in [0.4, 0.5) is 0 Å². The molecule has 5 heteroatoms. The standard InChI is InChI=1S/C17H35NO4/c1-15(2,3)22-14(19)8-9-20-12-17(6,7)13-21-11-16(4,5)10-18/h8-13,18H2,1-7H3. The summed E-state index contributed by atoms with van der Waals surface area (Å²) >= 11 is 0. The summed E-state index contributed by atoms with van der Waals surface area (Å²) in [4.78, 5) is 11.6. The monoisotopic (exact) mass is 317 g/mol. The van der Waals surface area contributed by atoms with Crippen LogP contribution < -0.4 is 5.73 Å². The fraction of sp³-hybridized carbons (Fsp3) is 0.941. The lowest BCUT2D eigenvalue weighted by molar-refractivity contribution is -0.156. The van der Waals surface area contributed by atoms with E-state index < -0.39 is 5.60 Å². The Hall–Kier alpha value is -0.650. The molecule has 0 saturated heterocycles. The Morgan fingerprint density at radius 2 is 1.36 bits per heavy atom. The Morgan fingerprint density at radius 1 is 0.864 bits per heavy atom. The van der Waals surface area contributed by atoms with Crippen molar-refractivity contribution in [3.05, 3.63) is 0 Å². The molecule has 0 saturated carbocycles. The molecule has 0 fully saturated rings. The minimum Gasteiger partial charge on any atom is -0.460 e. The number of ether oxygens (including phenoxy) is 3. The molecule has 0 heterocycles. The molecule has 132 valence electrons. The minimum atomic E-state index is -0.444. The summed E-state index contributed by atoms with van der Waals surface area (Å²) in [6.07, 6.45) is 0.272. The van der Waals surface area contributed by atoms with Gasteiger partial charge in [-0.3, -0.25) is 4.79 Å². The van der Waals surface area contributed by atoms with Gasteiger partial charge in [-0.25, -0.2) is 0 Å². The molecule has 5 nitrogen and oxygen atoms in total. The van der Waals surface area contributed by atoms with Crippen LogP contribution in [0.15, 0.2) is 0 Å². The van der Waals surface area contributed by atoms with Gasteiger partial charge in [-0.05, 0) is 27.3 Å². The predicted octanol–water partition coefficient (Wildman–Crippen LogP) is 2.76. The molecule has 0 unspecified atom stereocenters. The molecule has 0 aliphatic heterocycles. The fourth-order valence-corrected chi connectivity index (χ4v) is 1.60. The highest BCUT2D eigenvalue weighted by atomic mass is 16.6. The highest BCUT2D eigenvalue weighted by Gasteiger charge is 2.22. The maximum absolute atomic E-state index is 11.6. The Bertz CT molecular complexity index is 332. The molecule has 0 aliphatic carbocycles. The lowest BCUT2D eigenvalue weighted by Gasteiger charge is -2.28. The molecule has 0 aromatic rings. The van der Waals surface area contributed by atoms with Crippen molar-refractivity contribution in [3.8, 4) is 0 Å². The normalized spacial score (nSPS) is 13.3. The average Bonchev–Trinajstić information content (AvgIpc) is 2.32. The number of esters is 1. The molecule has 0 bridgehead atoms. The molecule has 0 aromatic carbocycles. The summed E-state index contributed by atoms with van der Waals surface area (Å²) in [6, 6.07) is 0. The zero-order valence-corrected chi connectivity index (χ0v) is 15.5. The lowest BCUT2D eigenvalue weighted by Crippen LogP contribution is -2.33. The molecule has 0 spiro atoms. The molecular weight excluding hydrogens is 282 g/mol. The molecule has 0 radical (unpaired) electrons. The Labute approximate surface area is 135 Å². The number of carbonyl (C=O) groups is 1. The van der Waals surface area contributed by atoms with Crippen LogP contribution in [0.3, 0.4) is 0 Å². The van der Waals surface area contributed by atoms with Crippen LogP contribution in [-0.2, 0) is 19.0 Å². The van der Waals surface area contributed by atoms with Gasteiger partial charge in [-0.15, -0.1) is 0 Å². The van der Waals surface area contributed by atoms with E-state index in [1.54, 1.807) is 0 Å². The van der Waals surface area contributed by atoms with E-state index in [1.165, 1.54) is 0 Å². The average molecular weight is 317 g/mol. The summed E-state index contributed by atoms with van der Waals surface area (Å²) < 4.78 is 16.6. The molecule has 0 amide bonds. The van der Waals surface area contributed by atoms with Gasteiger partial charge in [-0.1, -0.05) is 27.7 Å². The van der Waals surface area contributed by atoms with Crippen molar-refractivity contribution < 1.29 is 19.0 Å². The van der Waals surface area contributed by atoms with Gasteiger partial charge in [0.25, 0.3) is 0 Å². The summed E-state index contributed by atoms with van der Waals surface area (Å²) in [5.41, 5.74) is 5.13. The first-order chi connectivity index (χ1) is 9.87. The third-order valence-corrected chi connectivity index (χ3v) is 2.90. The number of hydrogen-bond donors (Lipinski definition) is 1. The number of rotatable bonds is 10. The second-order valence-corrected chi connectivity index (χ2v) is 8.41. The van der Waals surface area contributed by atoms with Crippen LogP contribution in [0.1, 0.15) is 54.9 Å². The highest BCUT2D eigenvalue weighted by molar-refractivity contribution is 5.69. The van der Waals surface area contributed by atoms with Gasteiger partial charge in [-0.2, -0.15) is 0 Å². The van der Waals surface area contributed by atoms with E-state index >= 15 is 0 Å². The van der Waals surface area contributed by atoms with E-state index in [1.807, 2.05) is 20.8 Å². The van der Waals surface area contributed by atoms with Crippen molar-refractivity contribution in [2.24, 2.45) is 16.6 Å². The maximum Gasteiger partial charge on any atom is 0.308 e. The quantitative estimate of drug-likeness (QED) is 0.495. The first-order valence-corrected chi connectivity index (χ1v) is 7.94. The van der Waals surface area contributed by atoms with Crippen LogP contribution in [-0.4, -0.2) is 44.5 Å². The SMILES string of the molecule is CC(C)(CN)COCC(C)(C)COCCC(=O)OC(C)(C)C. The van der Waals surface area contributed by atoms with Crippen LogP contribution in [0.25, 0.3) is 0 Å². The van der Waals surface area contributed by atoms with Gasteiger partial charge < -0.3 is 19.9 Å². The molecule has 0 atom stereocenters. The molecule has 0 aliphatic rings. The van der Waals surface area contributed by atoms with Crippen molar-refractivity contribution in [1.82, 2.24) is 0 Å². The fourth-order valence-electron chi connectivity index (χ4n) is 1.60. The van der Waals surface area contributed by atoms with Gasteiger partial charge >= 0.3 is 5.97 Å². The van der Waals surface area contributed by atoms with E-state index in [2.05, 4.69) is 27.7 Å². The van der Waals surface area contributed by atoms with Crippen molar-refractivity contribution in [1.29, 1.82) is 0 Å². The first-order valence-electron chi connectivity index (χ1n) is 7.94. The summed E-state index contributed by atoms with van der Waals surface area (Å²) in [6.45, 7) is 16.6. The third kappa shape index (κ3) is 12.0. The number of carbonyl (C=O) groups excluding carboxylic acids is 1. The smallest absolute Gasteiger partial charge is 0.308 e. The Balaban J connectivity index is 3.87. The van der Waals surface area contributed by atoms with Gasteiger partial charge in [0, 0.05) is 10.8 Å². The van der Waals surface area contributed by atoms with Crippen LogP contribution >= 0.6 is 0 Å². The molecule has 0 aromatic heterocycles. The second-order valence-electron chi connectivity index (χ2n) is 8.41. The van der Waals surface area contributed by atoms with Gasteiger partial charge in [0.2, 0.25) is 0 Å². The van der Waals surface area contributed by atoms with E-state index in [-0.39, 0.29) is 23.2 Å². The number of hydrogen-bond acceptors (Lipinski definition) is 5. The van der Waals surface area contributed by atoms with E-state index in [4.69, 9.17) is 19.9 Å². The van der Waals surface area contributed by atoms with E-state index in [0.29, 0.717) is 33.0 Å². The topological polar surface area (TPSA) is 70.8 Å². The van der Waals surface area contributed by atoms with Gasteiger partial charge in [0.1, 0.15) is 5.60 Å². The van der Waals surface area contributed by atoms with Crippen molar-refractivity contribution >= 4 is 5.97 Å². The zero-order chi connectivity index (χ0) is 17.4. The van der Waals surface area contributed by atoms with Crippen LogP contribution in [0, 0.1) is 10.8 Å². The summed E-state index contributed by atoms with van der Waals surface area (Å²) in [5.74, 6) is -0.230. The zero-order valence-electron chi connectivity index (χ0n) is 15.5. The lowest BCUT2D eigenvalue weighted by atomic mass is 9.94. The summed E-state index contributed by atoms with van der Waals surface area (Å²) in [7, 11) is 0. The highest BCUT2D eigenvalue weighted by Crippen LogP contribution is 2.19. The Morgan fingerprint density at radius 3 is 1.86 bits per heavy atom. The Kier molecular flexibility index (Phi) is 8.58. The first kappa shape index (κ1) is 21.4. The number of nitrogens with two attached hydrogens (primary N) is 1. The van der Waals surface area contributed by atoms with Gasteiger partial charge in [0.15, 0.2) is 0 Å². The van der Waals surface area contributed by atoms with Crippen molar-refractivity contribution in [2.75, 3.05) is 33.0 Å². The molecule has 0 rings (SSSR count). The van der Waals surface area contributed by atoms with Crippen molar-refractivity contribution in [3.63, 3.8) is 0 Å². The van der Waals surface area contributed by atoms with Gasteiger partial charge in [0.05, 0.1) is 32.8 Å². The van der Waals surface area contributed by atoms with E-state index in [0.717, 1.165) is 0 Å². The minimum absolute atomic E-state index is 0.00630. The predicted molar refractivity (Wildman–Crippen MR) is 88.7 cm³/mol. The molecular formula is C17H35NO4. The van der Waals surface area contributed by atoms with E-state index in [9.17, 15) is 4.79 Å². The van der Waals surface area contributed by atoms with Crippen LogP contribution in [0.2, 0.25) is 0 Å². The molecule has 22 heavy (non-hydrogen) atoms. The third-order valence-electron chi connectivity index (χ3n) is 2.90. The summed E-state index contributed by atoms with van der Waals surface area (Å²) in [5, 5.41) is 0. The maximum atomic E-state index is 11.6.